The molecule has 0 aromatic heterocycles. The van der Waals surface area contributed by atoms with Gasteiger partial charge < -0.3 is 9.47 Å². The average molecular weight is 320 g/mol. The zero-order valence-corrected chi connectivity index (χ0v) is 15.0. The zero-order valence-electron chi connectivity index (χ0n) is 15.0. The molecule has 0 bridgehead atoms. The first-order valence-corrected chi connectivity index (χ1v) is 8.06. The summed E-state index contributed by atoms with van der Waals surface area (Å²) in [4.78, 5) is 23.6. The lowest BCUT2D eigenvalue weighted by molar-refractivity contribution is -0.159. The normalized spacial score (nSPS) is 12.8. The largest absolute Gasteiger partial charge is 0.461 e. The van der Waals surface area contributed by atoms with Gasteiger partial charge in [0.25, 0.3) is 0 Å². The van der Waals surface area contributed by atoms with Crippen LogP contribution in [0.3, 0.4) is 0 Å². The fraction of sp³-hybridized carbons (Fsp3) is 0.579. The van der Waals surface area contributed by atoms with Crippen LogP contribution in [0.4, 0.5) is 0 Å². The molecule has 0 aliphatic carbocycles. The standard InChI is InChI=1S/C19H28O4/c1-13(2)17(20)22-12-16-9-7-8-15(11-16)10-14(3)18(21)23-19(4,5)6/h7-9,11,13-14H,10,12H2,1-6H3. The highest BCUT2D eigenvalue weighted by molar-refractivity contribution is 5.73. The summed E-state index contributed by atoms with van der Waals surface area (Å²) in [6.07, 6.45) is 0.598. The molecular weight excluding hydrogens is 292 g/mol. The summed E-state index contributed by atoms with van der Waals surface area (Å²) in [5, 5.41) is 0. The first-order valence-electron chi connectivity index (χ1n) is 8.06. The van der Waals surface area contributed by atoms with Crippen LogP contribution >= 0.6 is 0 Å². The molecule has 4 heteroatoms. The van der Waals surface area contributed by atoms with Gasteiger partial charge in [-0.25, -0.2) is 0 Å². The van der Waals surface area contributed by atoms with Gasteiger partial charge in [0.15, 0.2) is 0 Å². The lowest BCUT2D eigenvalue weighted by atomic mass is 9.99. The van der Waals surface area contributed by atoms with Gasteiger partial charge in [0, 0.05) is 0 Å². The predicted molar refractivity (Wildman–Crippen MR) is 89.8 cm³/mol. The van der Waals surface area contributed by atoms with E-state index in [1.807, 2.05) is 52.0 Å². The van der Waals surface area contributed by atoms with Crippen LogP contribution in [0, 0.1) is 11.8 Å². The number of benzene rings is 1. The second-order valence-electron chi connectivity index (χ2n) is 7.22. The van der Waals surface area contributed by atoms with Gasteiger partial charge in [-0.3, -0.25) is 9.59 Å². The topological polar surface area (TPSA) is 52.6 Å². The van der Waals surface area contributed by atoms with Gasteiger partial charge in [0.1, 0.15) is 12.2 Å². The Balaban J connectivity index is 2.63. The minimum Gasteiger partial charge on any atom is -0.461 e. The molecular formula is C19H28O4. The van der Waals surface area contributed by atoms with E-state index in [-0.39, 0.29) is 30.4 Å². The number of ether oxygens (including phenoxy) is 2. The molecule has 0 amide bonds. The quantitative estimate of drug-likeness (QED) is 0.746. The van der Waals surface area contributed by atoms with E-state index in [2.05, 4.69) is 0 Å². The van der Waals surface area contributed by atoms with Crippen LogP contribution in [0.25, 0.3) is 0 Å². The predicted octanol–water partition coefficient (Wildman–Crippen LogP) is 3.91. The maximum absolute atomic E-state index is 12.0. The van der Waals surface area contributed by atoms with Crippen molar-refractivity contribution in [3.8, 4) is 0 Å². The molecule has 128 valence electrons. The Kier molecular flexibility index (Phi) is 6.79. The molecule has 23 heavy (non-hydrogen) atoms. The van der Waals surface area contributed by atoms with Crippen molar-refractivity contribution in [1.82, 2.24) is 0 Å². The smallest absolute Gasteiger partial charge is 0.309 e. The van der Waals surface area contributed by atoms with Crippen LogP contribution in [0.5, 0.6) is 0 Å². The fourth-order valence-electron chi connectivity index (χ4n) is 2.01. The Labute approximate surface area is 139 Å². The summed E-state index contributed by atoms with van der Waals surface area (Å²) in [6.45, 7) is 11.3. The van der Waals surface area contributed by atoms with Gasteiger partial charge in [-0.05, 0) is 38.3 Å². The first-order chi connectivity index (χ1) is 10.6. The highest BCUT2D eigenvalue weighted by Gasteiger charge is 2.22. The van der Waals surface area contributed by atoms with E-state index in [1.54, 1.807) is 13.8 Å². The van der Waals surface area contributed by atoms with Crippen molar-refractivity contribution in [3.05, 3.63) is 35.4 Å². The van der Waals surface area contributed by atoms with Crippen LogP contribution in [0.1, 0.15) is 52.7 Å². The molecule has 0 spiro atoms. The lowest BCUT2D eigenvalue weighted by Crippen LogP contribution is -2.28. The number of carbonyl (C=O) groups is 2. The van der Waals surface area contributed by atoms with E-state index in [0.717, 1.165) is 11.1 Å². The van der Waals surface area contributed by atoms with E-state index in [1.165, 1.54) is 0 Å². The number of rotatable bonds is 6. The van der Waals surface area contributed by atoms with Crippen molar-refractivity contribution in [2.75, 3.05) is 0 Å². The Morgan fingerprint density at radius 1 is 1.04 bits per heavy atom. The van der Waals surface area contributed by atoms with Crippen molar-refractivity contribution < 1.29 is 19.1 Å². The molecule has 4 nitrogen and oxygen atoms in total. The van der Waals surface area contributed by atoms with E-state index in [9.17, 15) is 9.59 Å². The van der Waals surface area contributed by atoms with E-state index in [0.29, 0.717) is 6.42 Å². The first kappa shape index (κ1) is 19.2. The summed E-state index contributed by atoms with van der Waals surface area (Å²) in [5.74, 6) is -0.764. The monoisotopic (exact) mass is 320 g/mol. The Morgan fingerprint density at radius 3 is 2.22 bits per heavy atom. The summed E-state index contributed by atoms with van der Waals surface area (Å²) in [7, 11) is 0. The van der Waals surface area contributed by atoms with E-state index in [4.69, 9.17) is 9.47 Å². The summed E-state index contributed by atoms with van der Waals surface area (Å²) < 4.78 is 10.6. The third kappa shape index (κ3) is 7.31. The molecule has 0 radical (unpaired) electrons. The van der Waals surface area contributed by atoms with Gasteiger partial charge in [-0.2, -0.15) is 0 Å². The SMILES string of the molecule is CC(C)C(=O)OCc1cccc(CC(C)C(=O)OC(C)(C)C)c1. The Bertz CT molecular complexity index is 541. The number of hydrogen-bond acceptors (Lipinski definition) is 4. The molecule has 0 saturated heterocycles. The van der Waals surface area contributed by atoms with E-state index < -0.39 is 5.60 Å². The van der Waals surface area contributed by atoms with Crippen molar-refractivity contribution in [2.24, 2.45) is 11.8 Å². The number of esters is 2. The van der Waals surface area contributed by atoms with Gasteiger partial charge in [0.2, 0.25) is 0 Å². The molecule has 0 aliphatic rings. The molecule has 1 unspecified atom stereocenters. The van der Waals surface area contributed by atoms with Crippen LogP contribution < -0.4 is 0 Å². The second-order valence-corrected chi connectivity index (χ2v) is 7.22. The fourth-order valence-corrected chi connectivity index (χ4v) is 2.01. The zero-order chi connectivity index (χ0) is 17.6. The van der Waals surface area contributed by atoms with Crippen molar-refractivity contribution in [1.29, 1.82) is 0 Å². The van der Waals surface area contributed by atoms with Crippen LogP contribution in [-0.4, -0.2) is 17.5 Å². The van der Waals surface area contributed by atoms with Gasteiger partial charge in [-0.15, -0.1) is 0 Å². The minimum atomic E-state index is -0.474. The second kappa shape index (κ2) is 8.14. The Hall–Kier alpha value is -1.84. The van der Waals surface area contributed by atoms with Crippen LogP contribution in [0.15, 0.2) is 24.3 Å². The molecule has 0 aliphatic heterocycles. The van der Waals surface area contributed by atoms with Gasteiger partial charge >= 0.3 is 11.9 Å². The summed E-state index contributed by atoms with van der Waals surface area (Å²) in [6, 6.07) is 7.76. The third-order valence-corrected chi connectivity index (χ3v) is 3.19. The molecule has 0 heterocycles. The molecule has 0 saturated carbocycles. The number of carbonyl (C=O) groups excluding carboxylic acids is 2. The number of hydrogen-bond donors (Lipinski definition) is 0. The molecule has 1 aromatic rings. The van der Waals surface area contributed by atoms with Crippen LogP contribution in [0.2, 0.25) is 0 Å². The molecule has 0 N–H and O–H groups in total. The maximum atomic E-state index is 12.0. The Morgan fingerprint density at radius 2 is 1.65 bits per heavy atom. The minimum absolute atomic E-state index is 0.134. The van der Waals surface area contributed by atoms with Crippen molar-refractivity contribution in [3.63, 3.8) is 0 Å². The molecule has 1 rings (SSSR count). The lowest BCUT2D eigenvalue weighted by Gasteiger charge is -2.22. The maximum Gasteiger partial charge on any atom is 0.309 e. The van der Waals surface area contributed by atoms with E-state index >= 15 is 0 Å². The van der Waals surface area contributed by atoms with Crippen molar-refractivity contribution in [2.45, 2.75) is 60.2 Å². The van der Waals surface area contributed by atoms with Gasteiger partial charge in [-0.1, -0.05) is 45.0 Å². The third-order valence-electron chi connectivity index (χ3n) is 3.19. The molecule has 0 fully saturated rings. The van der Waals surface area contributed by atoms with Gasteiger partial charge in [0.05, 0.1) is 11.8 Å². The summed E-state index contributed by atoms with van der Waals surface area (Å²) in [5.41, 5.74) is 1.48. The highest BCUT2D eigenvalue weighted by atomic mass is 16.6. The van der Waals surface area contributed by atoms with Crippen LogP contribution in [-0.2, 0) is 32.1 Å². The molecule has 1 aromatic carbocycles. The molecule has 1 atom stereocenters. The highest BCUT2D eigenvalue weighted by Crippen LogP contribution is 2.16. The summed E-state index contributed by atoms with van der Waals surface area (Å²) >= 11 is 0. The average Bonchev–Trinajstić information content (AvgIpc) is 2.43. The van der Waals surface area contributed by atoms with Crippen molar-refractivity contribution >= 4 is 11.9 Å².